The average molecular weight is 285 g/mol. The van der Waals surface area contributed by atoms with Gasteiger partial charge in [-0.05, 0) is 36.4 Å². The van der Waals surface area contributed by atoms with Gasteiger partial charge in [-0.15, -0.1) is 0 Å². The van der Waals surface area contributed by atoms with Crippen molar-refractivity contribution in [3.05, 3.63) is 64.2 Å². The maximum atomic E-state index is 12.0. The standard InChI is InChI=1S/C15H15N3O3/c1-17(2)13-9-5-12(6-10-13)16-15(19)11-3-7-14(8-4-11)18(20)21/h3-10H,1-2H3,(H,16,19). The maximum Gasteiger partial charge on any atom is 0.269 e. The Kier molecular flexibility index (Phi) is 4.18. The van der Waals surface area contributed by atoms with E-state index in [9.17, 15) is 14.9 Å². The number of amides is 1. The molecule has 0 aliphatic rings. The Hall–Kier alpha value is -2.89. The third kappa shape index (κ3) is 3.56. The van der Waals surface area contributed by atoms with Gasteiger partial charge in [-0.1, -0.05) is 0 Å². The fourth-order valence-electron chi connectivity index (χ4n) is 1.78. The van der Waals surface area contributed by atoms with Crippen molar-refractivity contribution in [1.82, 2.24) is 0 Å². The van der Waals surface area contributed by atoms with E-state index < -0.39 is 4.92 Å². The molecule has 0 aliphatic carbocycles. The van der Waals surface area contributed by atoms with E-state index in [4.69, 9.17) is 0 Å². The van der Waals surface area contributed by atoms with Crippen LogP contribution in [0.1, 0.15) is 10.4 Å². The predicted octanol–water partition coefficient (Wildman–Crippen LogP) is 2.91. The number of hydrogen-bond acceptors (Lipinski definition) is 4. The molecule has 21 heavy (non-hydrogen) atoms. The van der Waals surface area contributed by atoms with Crippen LogP contribution in [0.25, 0.3) is 0 Å². The molecule has 0 aliphatic heterocycles. The van der Waals surface area contributed by atoms with Crippen molar-refractivity contribution in [3.8, 4) is 0 Å². The zero-order valence-electron chi connectivity index (χ0n) is 11.7. The summed E-state index contributed by atoms with van der Waals surface area (Å²) in [4.78, 5) is 24.0. The van der Waals surface area contributed by atoms with Gasteiger partial charge in [0.05, 0.1) is 4.92 Å². The number of non-ortho nitro benzene ring substituents is 1. The van der Waals surface area contributed by atoms with Crippen molar-refractivity contribution in [2.45, 2.75) is 0 Å². The number of carbonyl (C=O) groups is 1. The third-order valence-corrected chi connectivity index (χ3v) is 2.98. The van der Waals surface area contributed by atoms with Crippen LogP contribution in [0.5, 0.6) is 0 Å². The van der Waals surface area contributed by atoms with E-state index in [2.05, 4.69) is 5.32 Å². The summed E-state index contributed by atoms with van der Waals surface area (Å²) in [5.74, 6) is -0.303. The molecule has 0 heterocycles. The minimum atomic E-state index is -0.498. The molecule has 2 aromatic carbocycles. The van der Waals surface area contributed by atoms with E-state index >= 15 is 0 Å². The summed E-state index contributed by atoms with van der Waals surface area (Å²) in [5.41, 5.74) is 2.03. The zero-order chi connectivity index (χ0) is 15.4. The normalized spacial score (nSPS) is 10.0. The molecule has 0 unspecified atom stereocenters. The summed E-state index contributed by atoms with van der Waals surface area (Å²) in [7, 11) is 3.87. The highest BCUT2D eigenvalue weighted by Crippen LogP contribution is 2.17. The molecule has 1 amide bonds. The van der Waals surface area contributed by atoms with Crippen LogP contribution < -0.4 is 10.2 Å². The smallest absolute Gasteiger partial charge is 0.269 e. The second-order valence-electron chi connectivity index (χ2n) is 4.70. The van der Waals surface area contributed by atoms with Gasteiger partial charge in [0.1, 0.15) is 0 Å². The summed E-state index contributed by atoms with van der Waals surface area (Å²) in [6, 6.07) is 12.9. The highest BCUT2D eigenvalue weighted by atomic mass is 16.6. The Morgan fingerprint density at radius 1 is 1.05 bits per heavy atom. The lowest BCUT2D eigenvalue weighted by molar-refractivity contribution is -0.384. The van der Waals surface area contributed by atoms with Crippen LogP contribution in [0.3, 0.4) is 0 Å². The molecule has 2 aromatic rings. The molecule has 0 fully saturated rings. The lowest BCUT2D eigenvalue weighted by Gasteiger charge is -2.13. The van der Waals surface area contributed by atoms with Crippen molar-refractivity contribution in [2.75, 3.05) is 24.3 Å². The molecule has 0 atom stereocenters. The van der Waals surface area contributed by atoms with Crippen LogP contribution in [-0.2, 0) is 0 Å². The number of benzene rings is 2. The first-order valence-electron chi connectivity index (χ1n) is 6.30. The number of carbonyl (C=O) groups excluding carboxylic acids is 1. The first-order chi connectivity index (χ1) is 9.97. The second kappa shape index (κ2) is 6.04. The van der Waals surface area contributed by atoms with Gasteiger partial charge in [-0.25, -0.2) is 0 Å². The van der Waals surface area contributed by atoms with Crippen LogP contribution in [0.15, 0.2) is 48.5 Å². The molecule has 0 aromatic heterocycles. The van der Waals surface area contributed by atoms with Gasteiger partial charge in [0.2, 0.25) is 0 Å². The van der Waals surface area contributed by atoms with E-state index in [0.717, 1.165) is 5.69 Å². The number of anilines is 2. The molecular formula is C15H15N3O3. The first-order valence-corrected chi connectivity index (χ1v) is 6.30. The molecule has 108 valence electrons. The molecule has 0 saturated carbocycles. The minimum Gasteiger partial charge on any atom is -0.378 e. The van der Waals surface area contributed by atoms with Crippen LogP contribution in [0.4, 0.5) is 17.1 Å². The molecular weight excluding hydrogens is 270 g/mol. The Bertz CT molecular complexity index is 649. The number of nitrogens with one attached hydrogen (secondary N) is 1. The second-order valence-corrected chi connectivity index (χ2v) is 4.70. The van der Waals surface area contributed by atoms with Crippen molar-refractivity contribution in [2.24, 2.45) is 0 Å². The van der Waals surface area contributed by atoms with E-state index in [1.54, 1.807) is 12.1 Å². The van der Waals surface area contributed by atoms with Crippen LogP contribution in [-0.4, -0.2) is 24.9 Å². The number of rotatable bonds is 4. The molecule has 0 saturated heterocycles. The van der Waals surface area contributed by atoms with Gasteiger partial charge in [0, 0.05) is 43.2 Å². The fourth-order valence-corrected chi connectivity index (χ4v) is 1.78. The predicted molar refractivity (Wildman–Crippen MR) is 81.8 cm³/mol. The van der Waals surface area contributed by atoms with Gasteiger partial charge in [-0.2, -0.15) is 0 Å². The largest absolute Gasteiger partial charge is 0.378 e. The van der Waals surface area contributed by atoms with E-state index in [0.29, 0.717) is 11.3 Å². The number of nitro benzene ring substituents is 1. The Balaban J connectivity index is 2.08. The SMILES string of the molecule is CN(C)c1ccc(NC(=O)c2ccc([N+](=O)[O-])cc2)cc1. The highest BCUT2D eigenvalue weighted by molar-refractivity contribution is 6.04. The van der Waals surface area contributed by atoms with Crippen molar-refractivity contribution < 1.29 is 9.72 Å². The monoisotopic (exact) mass is 285 g/mol. The molecule has 6 nitrogen and oxygen atoms in total. The van der Waals surface area contributed by atoms with Gasteiger partial charge < -0.3 is 10.2 Å². The summed E-state index contributed by atoms with van der Waals surface area (Å²) in [6.07, 6.45) is 0. The number of hydrogen-bond donors (Lipinski definition) is 1. The Morgan fingerprint density at radius 3 is 2.10 bits per heavy atom. The van der Waals surface area contributed by atoms with Crippen molar-refractivity contribution >= 4 is 23.0 Å². The lowest BCUT2D eigenvalue weighted by atomic mass is 10.2. The fraction of sp³-hybridized carbons (Fsp3) is 0.133. The van der Waals surface area contributed by atoms with Crippen molar-refractivity contribution in [1.29, 1.82) is 0 Å². The van der Waals surface area contributed by atoms with Gasteiger partial charge in [0.25, 0.3) is 11.6 Å². The highest BCUT2D eigenvalue weighted by Gasteiger charge is 2.09. The first kappa shape index (κ1) is 14.5. The quantitative estimate of drug-likeness (QED) is 0.692. The number of nitro groups is 1. The lowest BCUT2D eigenvalue weighted by Crippen LogP contribution is -2.12. The minimum absolute atomic E-state index is 0.0399. The molecule has 0 spiro atoms. The average Bonchev–Trinajstić information content (AvgIpc) is 2.47. The summed E-state index contributed by atoms with van der Waals surface area (Å²) >= 11 is 0. The van der Waals surface area contributed by atoms with E-state index in [1.165, 1.54) is 24.3 Å². The van der Waals surface area contributed by atoms with E-state index in [-0.39, 0.29) is 11.6 Å². The van der Waals surface area contributed by atoms with Crippen LogP contribution >= 0.6 is 0 Å². The molecule has 6 heteroatoms. The number of nitrogens with zero attached hydrogens (tertiary/aromatic N) is 2. The summed E-state index contributed by atoms with van der Waals surface area (Å²) in [5, 5.41) is 13.3. The van der Waals surface area contributed by atoms with Crippen LogP contribution in [0.2, 0.25) is 0 Å². The Morgan fingerprint density at radius 2 is 1.62 bits per heavy atom. The van der Waals surface area contributed by atoms with Crippen molar-refractivity contribution in [3.63, 3.8) is 0 Å². The van der Waals surface area contributed by atoms with Gasteiger partial charge in [0.15, 0.2) is 0 Å². The molecule has 1 N–H and O–H groups in total. The molecule has 2 rings (SSSR count). The third-order valence-electron chi connectivity index (χ3n) is 2.98. The van der Waals surface area contributed by atoms with Gasteiger partial charge >= 0.3 is 0 Å². The van der Waals surface area contributed by atoms with Crippen LogP contribution in [0, 0.1) is 10.1 Å². The molecule has 0 bridgehead atoms. The summed E-state index contributed by atoms with van der Waals surface area (Å²) < 4.78 is 0. The molecule has 0 radical (unpaired) electrons. The van der Waals surface area contributed by atoms with Gasteiger partial charge in [-0.3, -0.25) is 14.9 Å². The van der Waals surface area contributed by atoms with E-state index in [1.807, 2.05) is 31.1 Å². The maximum absolute atomic E-state index is 12.0. The topological polar surface area (TPSA) is 75.5 Å². The zero-order valence-corrected chi connectivity index (χ0v) is 11.7. The summed E-state index contributed by atoms with van der Waals surface area (Å²) in [6.45, 7) is 0. The Labute approximate surface area is 122 Å².